The van der Waals surface area contributed by atoms with Crippen molar-refractivity contribution in [2.45, 2.75) is 186 Å². The smallest absolute Gasteiger partial charge is 0.252 e. The van der Waals surface area contributed by atoms with Gasteiger partial charge in [-0.1, -0.05) is 174 Å². The number of hydrogen-bond acceptors (Lipinski definition) is 2. The van der Waals surface area contributed by atoms with Crippen molar-refractivity contribution < 1.29 is 0 Å². The maximum atomic E-state index is 2.99. The molecule has 6 aliphatic rings. The predicted octanol–water partition coefficient (Wildman–Crippen LogP) is 14.4. The molecule has 7 aromatic rings. The lowest BCUT2D eigenvalue weighted by Gasteiger charge is -2.53. The number of rotatable bonds is 2. The van der Waals surface area contributed by atoms with Gasteiger partial charge in [0.15, 0.2) is 0 Å². The molecule has 5 heterocycles. The van der Waals surface area contributed by atoms with Crippen LogP contribution in [0.25, 0.3) is 27.5 Å². The quantitative estimate of drug-likeness (QED) is 0.160. The second-order valence-corrected chi connectivity index (χ2v) is 33.2. The van der Waals surface area contributed by atoms with Crippen LogP contribution in [0.5, 0.6) is 0 Å². The van der Waals surface area contributed by atoms with Gasteiger partial charge in [-0.25, -0.2) is 0 Å². The summed E-state index contributed by atoms with van der Waals surface area (Å²) in [5, 5.41) is 4.38. The summed E-state index contributed by atoms with van der Waals surface area (Å²) in [6.45, 7) is 39.9. The van der Waals surface area contributed by atoms with Gasteiger partial charge in [0, 0.05) is 55.6 Å². The minimum Gasteiger partial charge on any atom is -0.335 e. The first-order valence-corrected chi connectivity index (χ1v) is 30.6. The summed E-state index contributed by atoms with van der Waals surface area (Å²) >= 11 is 0. The molecular weight excluding hydrogens is 862 g/mol. The Morgan fingerprint density at radius 3 is 1.91 bits per heavy atom. The molecule has 4 unspecified atom stereocenters. The lowest BCUT2D eigenvalue weighted by Crippen LogP contribution is -2.64. The summed E-state index contributed by atoms with van der Waals surface area (Å²) in [7, 11) is -1.76. The molecule has 4 atom stereocenters. The van der Waals surface area contributed by atoms with E-state index in [1.54, 1.807) is 16.2 Å². The zero-order valence-corrected chi connectivity index (χ0v) is 46.4. The Morgan fingerprint density at radius 2 is 1.20 bits per heavy atom. The molecule has 0 bridgehead atoms. The van der Waals surface area contributed by atoms with Gasteiger partial charge in [0.2, 0.25) is 0 Å². The van der Waals surface area contributed by atoms with Crippen LogP contribution in [0.4, 0.5) is 22.7 Å². The Kier molecular flexibility index (Phi) is 8.68. The van der Waals surface area contributed by atoms with Gasteiger partial charge in [0.1, 0.15) is 0 Å². The molecule has 70 heavy (non-hydrogen) atoms. The Morgan fingerprint density at radius 1 is 0.543 bits per heavy atom. The van der Waals surface area contributed by atoms with E-state index in [4.69, 9.17) is 0 Å². The van der Waals surface area contributed by atoms with E-state index in [-0.39, 0.29) is 44.9 Å². The molecule has 0 saturated heterocycles. The third-order valence-corrected chi connectivity index (χ3v) is 22.2. The van der Waals surface area contributed by atoms with Crippen molar-refractivity contribution in [1.29, 1.82) is 0 Å². The maximum absolute atomic E-state index is 2.99. The molecule has 0 amide bonds. The lowest BCUT2D eigenvalue weighted by atomic mass is 9.33. The molecule has 1 fully saturated rings. The van der Waals surface area contributed by atoms with Crippen LogP contribution < -0.4 is 31.4 Å². The first kappa shape index (κ1) is 44.9. The molecule has 13 rings (SSSR count). The van der Waals surface area contributed by atoms with Crippen LogP contribution in [-0.2, 0) is 39.0 Å². The van der Waals surface area contributed by atoms with E-state index in [1.165, 1.54) is 120 Å². The highest BCUT2D eigenvalue weighted by atomic mass is 28.3. The Bertz CT molecular complexity index is 3470. The van der Waals surface area contributed by atoms with Gasteiger partial charge in [-0.05, 0) is 148 Å². The van der Waals surface area contributed by atoms with Gasteiger partial charge < -0.3 is 14.4 Å². The Hall–Kier alpha value is -5.00. The second kappa shape index (κ2) is 13.5. The van der Waals surface area contributed by atoms with Gasteiger partial charge >= 0.3 is 0 Å². The van der Waals surface area contributed by atoms with Gasteiger partial charge in [-0.15, -0.1) is 0 Å². The van der Waals surface area contributed by atoms with Crippen molar-refractivity contribution in [3.05, 3.63) is 136 Å². The molecule has 2 aliphatic carbocycles. The van der Waals surface area contributed by atoms with E-state index in [1.807, 2.05) is 0 Å². The largest absolute Gasteiger partial charge is 0.335 e. The fourth-order valence-corrected chi connectivity index (χ4v) is 16.7. The van der Waals surface area contributed by atoms with Gasteiger partial charge in [-0.3, -0.25) is 0 Å². The number of fused-ring (bicyclic) bond motifs is 15. The van der Waals surface area contributed by atoms with Gasteiger partial charge in [-0.2, -0.15) is 0 Å². The monoisotopic (exact) mass is 938 g/mol. The van der Waals surface area contributed by atoms with Crippen LogP contribution in [0.15, 0.2) is 97.1 Å². The topological polar surface area (TPSA) is 11.4 Å². The minimum atomic E-state index is -1.76. The molecule has 0 N–H and O–H groups in total. The maximum Gasteiger partial charge on any atom is 0.252 e. The summed E-state index contributed by atoms with van der Waals surface area (Å²) in [6.07, 6.45) is 7.16. The van der Waals surface area contributed by atoms with E-state index in [0.717, 1.165) is 12.8 Å². The summed E-state index contributed by atoms with van der Waals surface area (Å²) in [4.78, 5) is 5.85. The molecule has 358 valence electrons. The molecule has 1 aromatic heterocycles. The van der Waals surface area contributed by atoms with Crippen LogP contribution in [0.2, 0.25) is 19.6 Å². The standard InChI is InChI=1S/C65H76BN3Si/c1-59(2,3)40-23-25-52-45(31-40)46-32-42(61(7,8)9)34-50-57(46)67(52)54-35-43(68-53-26-24-41(60(4,5)6)33-48(53)63(11)30-27-39-21-17-18-22-47(39)65(63,68)13)36-55-56(54)66(50)51-38-44(70(14,15)16)37-49-58(51)69(55)64(12)29-20-19-28-62(49,64)10/h17-18,21-26,31-38H,19-20,27-30H2,1-16H3. The minimum absolute atomic E-state index is 0.0196. The van der Waals surface area contributed by atoms with Crippen LogP contribution >= 0.6 is 0 Å². The SMILES string of the molecule is CC(C)(C)c1ccc2c(c1)C1(C)CCc3ccccc3C1(C)N2c1cc2c3c(c1)-n1c4ccc(C(C)(C)C)cc4c4cc(C(C)(C)C)cc(c41)B3c1cc([Si](C)(C)C)cc3c1N2C1(C)CCCCC31C. The molecule has 4 aliphatic heterocycles. The number of benzene rings is 6. The van der Waals surface area contributed by atoms with Crippen LogP contribution in [0.1, 0.15) is 161 Å². The molecule has 5 heteroatoms. The number of anilines is 4. The second-order valence-electron chi connectivity index (χ2n) is 28.1. The summed E-state index contributed by atoms with van der Waals surface area (Å²) < 4.78 is 2.76. The van der Waals surface area contributed by atoms with E-state index in [0.29, 0.717) is 0 Å². The van der Waals surface area contributed by atoms with Crippen molar-refractivity contribution in [2.24, 2.45) is 0 Å². The van der Waals surface area contributed by atoms with E-state index >= 15 is 0 Å². The van der Waals surface area contributed by atoms with Crippen molar-refractivity contribution in [2.75, 3.05) is 9.80 Å². The summed E-state index contributed by atoms with van der Waals surface area (Å²) in [6, 6.07) is 40.7. The normalized spacial score (nSPS) is 25.2. The highest BCUT2D eigenvalue weighted by Crippen LogP contribution is 2.66. The molecular formula is C65H76BN3Si. The van der Waals surface area contributed by atoms with Crippen LogP contribution in [-0.4, -0.2) is 24.9 Å². The first-order valence-electron chi connectivity index (χ1n) is 27.1. The highest BCUT2D eigenvalue weighted by Gasteiger charge is 2.63. The summed E-state index contributed by atoms with van der Waals surface area (Å²) in [5.41, 5.74) is 24.1. The Labute approximate surface area is 421 Å². The molecule has 0 spiro atoms. The zero-order valence-electron chi connectivity index (χ0n) is 45.4. The van der Waals surface area contributed by atoms with Gasteiger partial charge in [0.25, 0.3) is 6.71 Å². The number of aryl methyl sites for hydroxylation is 1. The summed E-state index contributed by atoms with van der Waals surface area (Å²) in [5.74, 6) is 0. The molecule has 3 nitrogen and oxygen atoms in total. The van der Waals surface area contributed by atoms with Crippen molar-refractivity contribution in [1.82, 2.24) is 4.57 Å². The third-order valence-electron chi connectivity index (χ3n) is 20.1. The molecule has 1 saturated carbocycles. The fraction of sp³-hybridized carbons (Fsp3) is 0.446. The highest BCUT2D eigenvalue weighted by molar-refractivity contribution is 7.01. The average Bonchev–Trinajstić information content (AvgIpc) is 3.81. The Balaban J connectivity index is 1.22. The van der Waals surface area contributed by atoms with Crippen molar-refractivity contribution in [3.8, 4) is 5.69 Å². The van der Waals surface area contributed by atoms with Crippen molar-refractivity contribution >= 4 is 80.9 Å². The lowest BCUT2D eigenvalue weighted by molar-refractivity contribution is 0.195. The average molecular weight is 938 g/mol. The molecule has 6 aromatic carbocycles. The number of nitrogens with zero attached hydrogens (tertiary/aromatic N) is 3. The molecule has 0 radical (unpaired) electrons. The number of hydrogen-bond donors (Lipinski definition) is 0. The fourth-order valence-electron chi connectivity index (χ4n) is 15.5. The zero-order chi connectivity index (χ0) is 49.4. The van der Waals surface area contributed by atoms with E-state index in [9.17, 15) is 0 Å². The third kappa shape index (κ3) is 5.44. The van der Waals surface area contributed by atoms with Crippen LogP contribution in [0.3, 0.4) is 0 Å². The van der Waals surface area contributed by atoms with E-state index < -0.39 is 8.07 Å². The van der Waals surface area contributed by atoms with E-state index in [2.05, 4.69) is 221 Å². The number of aromatic nitrogens is 1. The van der Waals surface area contributed by atoms with Gasteiger partial charge in [0.05, 0.1) is 24.7 Å². The van der Waals surface area contributed by atoms with Crippen molar-refractivity contribution in [3.63, 3.8) is 0 Å². The predicted molar refractivity (Wildman–Crippen MR) is 305 cm³/mol. The van der Waals surface area contributed by atoms with Crippen LogP contribution in [0, 0.1) is 0 Å². The first-order chi connectivity index (χ1) is 32.7.